The highest BCUT2D eigenvalue weighted by Gasteiger charge is 2.32. The molecule has 2 aromatic carbocycles. The van der Waals surface area contributed by atoms with E-state index in [0.29, 0.717) is 12.5 Å². The Hall–Kier alpha value is -1.73. The average Bonchev–Trinajstić information content (AvgIpc) is 2.80. The molecular formula is C26H36N2O3S. The number of nitrogens with zero attached hydrogens (tertiary/aromatic N) is 1. The van der Waals surface area contributed by atoms with Gasteiger partial charge in [-0.15, -0.1) is 0 Å². The van der Waals surface area contributed by atoms with Gasteiger partial charge in [0.2, 0.25) is 10.0 Å². The van der Waals surface area contributed by atoms with Gasteiger partial charge in [0.05, 0.1) is 19.0 Å². The molecule has 0 aromatic heterocycles. The molecule has 2 aliphatic rings. The Balaban J connectivity index is 1.32. The second-order valence-corrected chi connectivity index (χ2v) is 11.3. The minimum atomic E-state index is -3.24. The summed E-state index contributed by atoms with van der Waals surface area (Å²) in [6.45, 7) is 3.24. The molecule has 0 spiro atoms. The van der Waals surface area contributed by atoms with Gasteiger partial charge in [0, 0.05) is 31.6 Å². The Kier molecular flexibility index (Phi) is 8.00. The number of nitrogens with one attached hydrogen (secondary N) is 1. The molecular weight excluding hydrogens is 420 g/mol. The molecule has 1 heterocycles. The summed E-state index contributed by atoms with van der Waals surface area (Å²) < 4.78 is 33.1. The van der Waals surface area contributed by atoms with Crippen molar-refractivity contribution in [3.63, 3.8) is 0 Å². The predicted octanol–water partition coefficient (Wildman–Crippen LogP) is 4.17. The van der Waals surface area contributed by atoms with Crippen molar-refractivity contribution in [2.45, 2.75) is 56.7 Å². The normalized spacial score (nSPS) is 27.3. The molecule has 2 aromatic rings. The smallest absolute Gasteiger partial charge is 0.208 e. The lowest BCUT2D eigenvalue weighted by molar-refractivity contribution is -0.0179. The number of benzene rings is 2. The first kappa shape index (κ1) is 23.4. The van der Waals surface area contributed by atoms with Crippen molar-refractivity contribution in [1.82, 2.24) is 9.62 Å². The van der Waals surface area contributed by atoms with Crippen molar-refractivity contribution in [2.24, 2.45) is 5.92 Å². The summed E-state index contributed by atoms with van der Waals surface area (Å²) in [7, 11) is -3.24. The molecule has 4 rings (SSSR count). The van der Waals surface area contributed by atoms with E-state index in [9.17, 15) is 8.42 Å². The first-order valence-electron chi connectivity index (χ1n) is 11.9. The number of hydrogen-bond donors (Lipinski definition) is 1. The van der Waals surface area contributed by atoms with E-state index < -0.39 is 10.0 Å². The summed E-state index contributed by atoms with van der Waals surface area (Å²) in [5, 5.41) is 0. The van der Waals surface area contributed by atoms with Crippen LogP contribution >= 0.6 is 0 Å². The van der Waals surface area contributed by atoms with Gasteiger partial charge in [-0.3, -0.25) is 4.90 Å². The number of likely N-dealkylation sites (tertiary alicyclic amines) is 1. The summed E-state index contributed by atoms with van der Waals surface area (Å²) in [4.78, 5) is 2.43. The van der Waals surface area contributed by atoms with E-state index in [1.165, 1.54) is 17.4 Å². The summed E-state index contributed by atoms with van der Waals surface area (Å²) in [5.41, 5.74) is 2.73. The lowest BCUT2D eigenvalue weighted by Gasteiger charge is -2.39. The number of sulfonamides is 1. The average molecular weight is 457 g/mol. The Bertz CT molecular complexity index is 928. The highest BCUT2D eigenvalue weighted by atomic mass is 32.2. The van der Waals surface area contributed by atoms with E-state index in [4.69, 9.17) is 4.74 Å². The van der Waals surface area contributed by atoms with Crippen LogP contribution in [0.5, 0.6) is 0 Å². The third kappa shape index (κ3) is 6.88. The fourth-order valence-electron chi connectivity index (χ4n) is 5.24. The zero-order valence-electron chi connectivity index (χ0n) is 19.0. The van der Waals surface area contributed by atoms with Gasteiger partial charge in [0.25, 0.3) is 0 Å². The highest BCUT2D eigenvalue weighted by Crippen LogP contribution is 2.34. The first-order chi connectivity index (χ1) is 15.5. The summed E-state index contributed by atoms with van der Waals surface area (Å²) in [6, 6.07) is 21.2. The van der Waals surface area contributed by atoms with Crippen LogP contribution in [0.2, 0.25) is 0 Å². The van der Waals surface area contributed by atoms with Crippen LogP contribution in [0, 0.1) is 5.92 Å². The van der Waals surface area contributed by atoms with Crippen LogP contribution in [0.3, 0.4) is 0 Å². The van der Waals surface area contributed by atoms with Crippen LogP contribution in [0.15, 0.2) is 60.7 Å². The predicted molar refractivity (Wildman–Crippen MR) is 129 cm³/mol. The SMILES string of the molecule is CS(=O)(=O)NC1CCN(Cc2ccccc2)CC1COC1CCC(c2ccccc2)CC1. The summed E-state index contributed by atoms with van der Waals surface area (Å²) >= 11 is 0. The van der Waals surface area contributed by atoms with Crippen LogP contribution in [-0.4, -0.2) is 51.4 Å². The third-order valence-corrected chi connectivity index (χ3v) is 7.65. The molecule has 2 atom stereocenters. The first-order valence-corrected chi connectivity index (χ1v) is 13.8. The number of rotatable bonds is 8. The van der Waals surface area contributed by atoms with Crippen LogP contribution in [-0.2, 0) is 21.3 Å². The topological polar surface area (TPSA) is 58.6 Å². The van der Waals surface area contributed by atoms with Crippen molar-refractivity contribution in [3.8, 4) is 0 Å². The molecule has 1 aliphatic carbocycles. The quantitative estimate of drug-likeness (QED) is 0.648. The third-order valence-electron chi connectivity index (χ3n) is 6.92. The fraction of sp³-hybridized carbons (Fsp3) is 0.538. The molecule has 5 nitrogen and oxygen atoms in total. The van der Waals surface area contributed by atoms with E-state index in [-0.39, 0.29) is 18.1 Å². The molecule has 2 fully saturated rings. The standard InChI is InChI=1S/C26H36N2O3S/c1-32(29,30)27-26-16-17-28(18-21-8-4-2-5-9-21)19-24(26)20-31-25-14-12-23(13-15-25)22-10-6-3-7-11-22/h2-11,23-27H,12-20H2,1H3. The van der Waals surface area contributed by atoms with E-state index >= 15 is 0 Å². The molecule has 1 aliphatic heterocycles. The van der Waals surface area contributed by atoms with Crippen molar-refractivity contribution < 1.29 is 13.2 Å². The van der Waals surface area contributed by atoms with Gasteiger partial charge in [0.15, 0.2) is 0 Å². The second-order valence-electron chi connectivity index (χ2n) is 9.48. The molecule has 1 N–H and O–H groups in total. The van der Waals surface area contributed by atoms with Crippen LogP contribution < -0.4 is 4.72 Å². The van der Waals surface area contributed by atoms with Gasteiger partial charge in [-0.25, -0.2) is 13.1 Å². The largest absolute Gasteiger partial charge is 0.378 e. The fourth-order valence-corrected chi connectivity index (χ4v) is 6.10. The monoisotopic (exact) mass is 456 g/mol. The van der Waals surface area contributed by atoms with Crippen LogP contribution in [0.4, 0.5) is 0 Å². The maximum Gasteiger partial charge on any atom is 0.208 e. The van der Waals surface area contributed by atoms with Crippen molar-refractivity contribution in [2.75, 3.05) is 26.0 Å². The summed E-state index contributed by atoms with van der Waals surface area (Å²) in [6.07, 6.45) is 6.81. The number of piperidine rings is 1. The number of hydrogen-bond acceptors (Lipinski definition) is 4. The van der Waals surface area contributed by atoms with Gasteiger partial charge in [-0.1, -0.05) is 60.7 Å². The Labute approximate surface area is 193 Å². The maximum absolute atomic E-state index is 11.9. The molecule has 1 saturated carbocycles. The zero-order chi connectivity index (χ0) is 22.4. The van der Waals surface area contributed by atoms with E-state index in [0.717, 1.165) is 51.7 Å². The second kappa shape index (κ2) is 10.9. The number of ether oxygens (including phenoxy) is 1. The van der Waals surface area contributed by atoms with Crippen molar-refractivity contribution in [3.05, 3.63) is 71.8 Å². The van der Waals surface area contributed by atoms with Gasteiger partial charge >= 0.3 is 0 Å². The van der Waals surface area contributed by atoms with E-state index in [1.807, 2.05) is 6.07 Å². The van der Waals surface area contributed by atoms with Gasteiger partial charge in [0.1, 0.15) is 0 Å². The minimum Gasteiger partial charge on any atom is -0.378 e. The van der Waals surface area contributed by atoms with Crippen molar-refractivity contribution in [1.29, 1.82) is 0 Å². The Morgan fingerprint density at radius 2 is 1.59 bits per heavy atom. The Morgan fingerprint density at radius 1 is 0.938 bits per heavy atom. The molecule has 1 saturated heterocycles. The lowest BCUT2D eigenvalue weighted by Crippen LogP contribution is -2.52. The molecule has 6 heteroatoms. The van der Waals surface area contributed by atoms with Crippen LogP contribution in [0.1, 0.15) is 49.1 Å². The van der Waals surface area contributed by atoms with Gasteiger partial charge < -0.3 is 4.74 Å². The van der Waals surface area contributed by atoms with Gasteiger partial charge in [-0.05, 0) is 49.1 Å². The molecule has 0 amide bonds. The van der Waals surface area contributed by atoms with Crippen molar-refractivity contribution >= 4 is 10.0 Å². The Morgan fingerprint density at radius 3 is 2.25 bits per heavy atom. The van der Waals surface area contributed by atoms with E-state index in [1.54, 1.807) is 0 Å². The highest BCUT2D eigenvalue weighted by molar-refractivity contribution is 7.88. The zero-order valence-corrected chi connectivity index (χ0v) is 19.8. The van der Waals surface area contributed by atoms with Gasteiger partial charge in [-0.2, -0.15) is 0 Å². The maximum atomic E-state index is 11.9. The molecule has 2 unspecified atom stereocenters. The molecule has 0 radical (unpaired) electrons. The molecule has 174 valence electrons. The van der Waals surface area contributed by atoms with Crippen LogP contribution in [0.25, 0.3) is 0 Å². The summed E-state index contributed by atoms with van der Waals surface area (Å²) in [5.74, 6) is 0.792. The molecule has 32 heavy (non-hydrogen) atoms. The lowest BCUT2D eigenvalue weighted by atomic mass is 9.82. The van der Waals surface area contributed by atoms with E-state index in [2.05, 4.69) is 64.2 Å². The molecule has 0 bridgehead atoms. The minimum absolute atomic E-state index is 0.0577.